The Balaban J connectivity index is 2.63. The number of hydrogen-bond acceptors (Lipinski definition) is 1. The van der Waals surface area contributed by atoms with Crippen molar-refractivity contribution in [1.82, 2.24) is 5.32 Å². The van der Waals surface area contributed by atoms with Crippen molar-refractivity contribution in [2.75, 3.05) is 6.54 Å². The summed E-state index contributed by atoms with van der Waals surface area (Å²) in [5, 5.41) is 2.92. The molecule has 0 saturated carbocycles. The van der Waals surface area contributed by atoms with E-state index < -0.39 is 0 Å². The van der Waals surface area contributed by atoms with Crippen molar-refractivity contribution in [1.29, 1.82) is 0 Å². The zero-order valence-electron chi connectivity index (χ0n) is 11.7. The Labute approximate surface area is 129 Å². The molecule has 19 heavy (non-hydrogen) atoms. The summed E-state index contributed by atoms with van der Waals surface area (Å²) in [5.41, 5.74) is 1.66. The molecule has 0 aliphatic heterocycles. The molecule has 0 saturated heterocycles. The molecule has 0 fully saturated rings. The molecule has 2 nitrogen and oxygen atoms in total. The molecular weight excluding hydrogens is 326 g/mol. The third-order valence-electron chi connectivity index (χ3n) is 3.46. The van der Waals surface area contributed by atoms with Crippen LogP contribution in [0, 0.1) is 12.8 Å². The predicted octanol–water partition coefficient (Wildman–Crippen LogP) is 4.53. The van der Waals surface area contributed by atoms with Crippen LogP contribution in [0.4, 0.5) is 0 Å². The van der Waals surface area contributed by atoms with Crippen molar-refractivity contribution in [2.24, 2.45) is 5.92 Å². The molecule has 0 spiro atoms. The van der Waals surface area contributed by atoms with Crippen LogP contribution in [0.15, 0.2) is 22.7 Å². The highest BCUT2D eigenvalue weighted by atomic mass is 79.9. The van der Waals surface area contributed by atoms with Crippen molar-refractivity contribution in [3.63, 3.8) is 0 Å². The highest BCUT2D eigenvalue weighted by molar-refractivity contribution is 9.10. The molecule has 0 aliphatic carbocycles. The Bertz CT molecular complexity index is 432. The molecule has 0 heterocycles. The van der Waals surface area contributed by atoms with Crippen molar-refractivity contribution in [3.05, 3.63) is 33.8 Å². The number of aryl methyl sites for hydroxylation is 1. The largest absolute Gasteiger partial charge is 0.351 e. The predicted molar refractivity (Wildman–Crippen MR) is 84.9 cm³/mol. The van der Waals surface area contributed by atoms with Gasteiger partial charge in [0, 0.05) is 16.6 Å². The van der Waals surface area contributed by atoms with Gasteiger partial charge in [0.25, 0.3) is 5.91 Å². The Morgan fingerprint density at radius 2 is 2.00 bits per heavy atom. The highest BCUT2D eigenvalue weighted by Gasteiger charge is 2.17. The van der Waals surface area contributed by atoms with Gasteiger partial charge in [-0.2, -0.15) is 0 Å². The lowest BCUT2D eigenvalue weighted by Crippen LogP contribution is -2.33. The van der Waals surface area contributed by atoms with Gasteiger partial charge in [0.2, 0.25) is 0 Å². The molecule has 0 aromatic heterocycles. The number of nitrogens with one attached hydrogen (secondary N) is 1. The van der Waals surface area contributed by atoms with E-state index in [0.717, 1.165) is 22.9 Å². The summed E-state index contributed by atoms with van der Waals surface area (Å²) < 4.78 is 0.908. The summed E-state index contributed by atoms with van der Waals surface area (Å²) in [6, 6.07) is 5.70. The third-order valence-corrected chi connectivity index (χ3v) is 4.47. The van der Waals surface area contributed by atoms with Crippen LogP contribution in [0.2, 0.25) is 0 Å². The minimum absolute atomic E-state index is 0.00795. The number of rotatable bonds is 6. The van der Waals surface area contributed by atoms with Gasteiger partial charge in [0.15, 0.2) is 0 Å². The van der Waals surface area contributed by atoms with Crippen LogP contribution in [0.5, 0.6) is 0 Å². The topological polar surface area (TPSA) is 29.1 Å². The van der Waals surface area contributed by atoms with E-state index in [0.29, 0.717) is 18.0 Å². The maximum atomic E-state index is 12.1. The van der Waals surface area contributed by atoms with Crippen LogP contribution < -0.4 is 5.32 Å². The first-order valence-electron chi connectivity index (χ1n) is 6.68. The Morgan fingerprint density at radius 3 is 2.58 bits per heavy atom. The van der Waals surface area contributed by atoms with Gasteiger partial charge < -0.3 is 5.32 Å². The minimum Gasteiger partial charge on any atom is -0.351 e. The minimum atomic E-state index is -0.0598. The summed E-state index contributed by atoms with van der Waals surface area (Å²) in [4.78, 5) is 12.1. The summed E-state index contributed by atoms with van der Waals surface area (Å²) in [7, 11) is 0. The van der Waals surface area contributed by atoms with Gasteiger partial charge in [-0.05, 0) is 30.5 Å². The van der Waals surface area contributed by atoms with Crippen molar-refractivity contribution >= 4 is 33.4 Å². The molecule has 1 amide bonds. The first-order valence-corrected chi connectivity index (χ1v) is 7.90. The van der Waals surface area contributed by atoms with E-state index in [1.165, 1.54) is 0 Å². The second-order valence-corrected chi connectivity index (χ2v) is 6.24. The van der Waals surface area contributed by atoms with E-state index >= 15 is 0 Å². The lowest BCUT2D eigenvalue weighted by atomic mass is 9.99. The number of alkyl halides is 1. The van der Waals surface area contributed by atoms with Crippen LogP contribution in [0.3, 0.4) is 0 Å². The number of amides is 1. The van der Waals surface area contributed by atoms with E-state index in [9.17, 15) is 4.79 Å². The van der Waals surface area contributed by atoms with Gasteiger partial charge >= 0.3 is 0 Å². The molecule has 1 rings (SSSR count). The van der Waals surface area contributed by atoms with E-state index in [2.05, 4.69) is 35.1 Å². The van der Waals surface area contributed by atoms with Gasteiger partial charge in [-0.25, -0.2) is 0 Å². The van der Waals surface area contributed by atoms with Crippen molar-refractivity contribution in [2.45, 2.75) is 39.0 Å². The fraction of sp³-hybridized carbons (Fsp3) is 0.533. The average Bonchev–Trinajstić information content (AvgIpc) is 2.40. The molecule has 0 radical (unpaired) electrons. The fourth-order valence-corrected chi connectivity index (χ4v) is 2.89. The van der Waals surface area contributed by atoms with Crippen LogP contribution in [-0.4, -0.2) is 17.8 Å². The molecule has 0 bridgehead atoms. The molecule has 1 unspecified atom stereocenters. The first-order chi connectivity index (χ1) is 8.99. The number of carbonyl (C=O) groups excluding carboxylic acids is 1. The molecule has 106 valence electrons. The Hall–Kier alpha value is -0.540. The van der Waals surface area contributed by atoms with Gasteiger partial charge in [0.05, 0.1) is 5.38 Å². The smallest absolute Gasteiger partial charge is 0.251 e. The molecule has 1 aromatic rings. The zero-order chi connectivity index (χ0) is 14.4. The maximum absolute atomic E-state index is 12.1. The summed E-state index contributed by atoms with van der Waals surface area (Å²) in [6.07, 6.45) is 2.08. The van der Waals surface area contributed by atoms with Gasteiger partial charge in [-0.15, -0.1) is 11.6 Å². The Morgan fingerprint density at radius 1 is 1.37 bits per heavy atom. The van der Waals surface area contributed by atoms with Crippen LogP contribution in [0.1, 0.15) is 42.6 Å². The Kier molecular flexibility index (Phi) is 6.87. The van der Waals surface area contributed by atoms with E-state index in [-0.39, 0.29) is 11.3 Å². The monoisotopic (exact) mass is 345 g/mol. The van der Waals surface area contributed by atoms with E-state index in [1.54, 1.807) is 0 Å². The van der Waals surface area contributed by atoms with Crippen molar-refractivity contribution < 1.29 is 4.79 Å². The molecule has 1 aromatic carbocycles. The average molecular weight is 347 g/mol. The third kappa shape index (κ3) is 4.81. The summed E-state index contributed by atoms with van der Waals surface area (Å²) in [6.45, 7) is 6.70. The molecule has 4 heteroatoms. The fourth-order valence-electron chi connectivity index (χ4n) is 2.09. The van der Waals surface area contributed by atoms with Crippen LogP contribution in [0.25, 0.3) is 0 Å². The standard InChI is InChI=1S/C15H21BrClNO/c1-4-11(5-2)14(17)9-18-15(19)13-8-12(16)7-6-10(13)3/h6-8,11,14H,4-5,9H2,1-3H3,(H,18,19). The number of halogens is 2. The SMILES string of the molecule is CCC(CC)C(Cl)CNC(=O)c1cc(Br)ccc1C. The quantitative estimate of drug-likeness (QED) is 0.753. The first kappa shape index (κ1) is 16.5. The highest BCUT2D eigenvalue weighted by Crippen LogP contribution is 2.19. The molecule has 1 N–H and O–H groups in total. The van der Waals surface area contributed by atoms with Gasteiger partial charge in [-0.1, -0.05) is 48.7 Å². The number of hydrogen-bond donors (Lipinski definition) is 1. The van der Waals surface area contributed by atoms with E-state index in [4.69, 9.17) is 11.6 Å². The van der Waals surface area contributed by atoms with Crippen LogP contribution in [-0.2, 0) is 0 Å². The second-order valence-electron chi connectivity index (χ2n) is 4.76. The van der Waals surface area contributed by atoms with Gasteiger partial charge in [0.1, 0.15) is 0 Å². The lowest BCUT2D eigenvalue weighted by molar-refractivity contribution is 0.0951. The van der Waals surface area contributed by atoms with Crippen LogP contribution >= 0.6 is 27.5 Å². The number of carbonyl (C=O) groups is 1. The van der Waals surface area contributed by atoms with Crippen molar-refractivity contribution in [3.8, 4) is 0 Å². The molecular formula is C15H21BrClNO. The summed E-state index contributed by atoms with van der Waals surface area (Å²) >= 11 is 9.71. The maximum Gasteiger partial charge on any atom is 0.251 e. The second kappa shape index (κ2) is 7.91. The van der Waals surface area contributed by atoms with E-state index in [1.807, 2.05) is 25.1 Å². The molecule has 1 atom stereocenters. The zero-order valence-corrected chi connectivity index (χ0v) is 14.0. The van der Waals surface area contributed by atoms with Gasteiger partial charge in [-0.3, -0.25) is 4.79 Å². The molecule has 0 aliphatic rings. The summed E-state index contributed by atoms with van der Waals surface area (Å²) in [5.74, 6) is 0.390. The normalized spacial score (nSPS) is 12.5. The lowest BCUT2D eigenvalue weighted by Gasteiger charge is -2.19. The number of benzene rings is 1.